The molecule has 5 heteroatoms. The van der Waals surface area contributed by atoms with Crippen LogP contribution in [0.3, 0.4) is 0 Å². The smallest absolute Gasteiger partial charge is 0.257 e. The van der Waals surface area contributed by atoms with Crippen molar-refractivity contribution in [3.8, 4) is 0 Å². The summed E-state index contributed by atoms with van der Waals surface area (Å²) in [5, 5.41) is 4.20. The summed E-state index contributed by atoms with van der Waals surface area (Å²) in [7, 11) is 1.93. The van der Waals surface area contributed by atoms with Crippen LogP contribution in [0.15, 0.2) is 18.5 Å². The minimum atomic E-state index is 0.0496. The Hall–Kier alpha value is -1.91. The monoisotopic (exact) mass is 314 g/mol. The van der Waals surface area contributed by atoms with Gasteiger partial charge in [-0.3, -0.25) is 4.79 Å². The van der Waals surface area contributed by atoms with Crippen LogP contribution in [-0.4, -0.2) is 38.5 Å². The lowest BCUT2D eigenvalue weighted by Gasteiger charge is -2.37. The predicted molar refractivity (Wildman–Crippen MR) is 90.4 cm³/mol. The molecule has 1 amide bonds. The lowest BCUT2D eigenvalue weighted by molar-refractivity contribution is 0.0610. The highest BCUT2D eigenvalue weighted by molar-refractivity contribution is 5.95. The zero-order valence-electron chi connectivity index (χ0n) is 14.7. The van der Waals surface area contributed by atoms with Gasteiger partial charge in [0.05, 0.1) is 17.5 Å². The third-order valence-corrected chi connectivity index (χ3v) is 5.21. The van der Waals surface area contributed by atoms with E-state index in [9.17, 15) is 4.79 Å². The fourth-order valence-corrected chi connectivity index (χ4v) is 3.91. The molecule has 1 aliphatic rings. The minimum Gasteiger partial charge on any atom is -0.338 e. The van der Waals surface area contributed by atoms with Crippen LogP contribution in [0.1, 0.15) is 56.1 Å². The molecular formula is C18H26N4O. The number of carbonyl (C=O) groups excluding carboxylic acids is 1. The Morgan fingerprint density at radius 1 is 1.35 bits per heavy atom. The van der Waals surface area contributed by atoms with Gasteiger partial charge in [0.15, 0.2) is 5.65 Å². The number of carbonyl (C=O) groups is 1. The molecule has 124 valence electrons. The molecule has 2 aromatic heterocycles. The molecule has 5 nitrogen and oxygen atoms in total. The van der Waals surface area contributed by atoms with Gasteiger partial charge >= 0.3 is 0 Å². The van der Waals surface area contributed by atoms with Crippen molar-refractivity contribution in [2.75, 3.05) is 7.05 Å². The van der Waals surface area contributed by atoms with Crippen molar-refractivity contribution >= 4 is 11.6 Å². The lowest BCUT2D eigenvalue weighted by atomic mass is 9.77. The normalized spacial score (nSPS) is 21.8. The third-order valence-electron chi connectivity index (χ3n) is 5.21. The van der Waals surface area contributed by atoms with Crippen LogP contribution in [0.4, 0.5) is 0 Å². The van der Waals surface area contributed by atoms with Gasteiger partial charge < -0.3 is 4.90 Å². The van der Waals surface area contributed by atoms with E-state index in [2.05, 4.69) is 30.9 Å². The molecule has 0 aromatic carbocycles. The summed E-state index contributed by atoms with van der Waals surface area (Å²) in [4.78, 5) is 19.5. The molecule has 0 N–H and O–H groups in total. The number of aromatic nitrogens is 3. The molecule has 1 aliphatic carbocycles. The van der Waals surface area contributed by atoms with Gasteiger partial charge in [0.2, 0.25) is 0 Å². The average Bonchev–Trinajstić information content (AvgIpc) is 3.12. The molecule has 1 saturated carbocycles. The molecule has 0 radical (unpaired) electrons. The van der Waals surface area contributed by atoms with Gasteiger partial charge in [0.1, 0.15) is 0 Å². The molecule has 2 aromatic rings. The Bertz CT molecular complexity index is 728. The summed E-state index contributed by atoms with van der Waals surface area (Å²) < 4.78 is 1.67. The summed E-state index contributed by atoms with van der Waals surface area (Å²) in [6.07, 6.45) is 6.98. The number of hydrogen-bond donors (Lipinski definition) is 0. The van der Waals surface area contributed by atoms with Crippen LogP contribution in [-0.2, 0) is 0 Å². The van der Waals surface area contributed by atoms with Crippen molar-refractivity contribution in [1.82, 2.24) is 19.5 Å². The first-order valence-corrected chi connectivity index (χ1v) is 8.37. The van der Waals surface area contributed by atoms with Crippen molar-refractivity contribution in [1.29, 1.82) is 0 Å². The molecular weight excluding hydrogens is 288 g/mol. The van der Waals surface area contributed by atoms with Gasteiger partial charge in [-0.2, -0.15) is 5.10 Å². The van der Waals surface area contributed by atoms with Crippen LogP contribution >= 0.6 is 0 Å². The van der Waals surface area contributed by atoms with Crippen molar-refractivity contribution in [2.24, 2.45) is 11.3 Å². The van der Waals surface area contributed by atoms with E-state index in [1.165, 1.54) is 12.8 Å². The Labute approximate surface area is 137 Å². The highest BCUT2D eigenvalue weighted by Crippen LogP contribution is 2.41. The van der Waals surface area contributed by atoms with E-state index < -0.39 is 0 Å². The van der Waals surface area contributed by atoms with E-state index in [1.807, 2.05) is 24.9 Å². The molecule has 23 heavy (non-hydrogen) atoms. The summed E-state index contributed by atoms with van der Waals surface area (Å²) in [6, 6.07) is 2.15. The van der Waals surface area contributed by atoms with E-state index in [0.717, 1.165) is 17.8 Å². The molecule has 1 fully saturated rings. The lowest BCUT2D eigenvalue weighted by Crippen LogP contribution is -2.43. The fraction of sp³-hybridized carbons (Fsp3) is 0.611. The third kappa shape index (κ3) is 2.84. The van der Waals surface area contributed by atoms with E-state index in [4.69, 9.17) is 0 Å². The molecule has 2 heterocycles. The Morgan fingerprint density at radius 2 is 2.09 bits per heavy atom. The number of amides is 1. The van der Waals surface area contributed by atoms with E-state index in [0.29, 0.717) is 17.5 Å². The molecule has 0 spiro atoms. The fourth-order valence-electron chi connectivity index (χ4n) is 3.91. The first-order valence-electron chi connectivity index (χ1n) is 8.37. The molecule has 2 atom stereocenters. The Balaban J connectivity index is 1.90. The largest absolute Gasteiger partial charge is 0.338 e. The van der Waals surface area contributed by atoms with Gasteiger partial charge in [-0.1, -0.05) is 27.2 Å². The predicted octanol–water partition coefficient (Wildman–Crippen LogP) is 3.32. The summed E-state index contributed by atoms with van der Waals surface area (Å²) in [6.45, 7) is 8.72. The summed E-state index contributed by atoms with van der Waals surface area (Å²) >= 11 is 0. The van der Waals surface area contributed by atoms with Crippen molar-refractivity contribution in [3.05, 3.63) is 29.7 Å². The van der Waals surface area contributed by atoms with Crippen molar-refractivity contribution in [3.63, 3.8) is 0 Å². The van der Waals surface area contributed by atoms with E-state index in [1.54, 1.807) is 16.9 Å². The Morgan fingerprint density at radius 3 is 2.78 bits per heavy atom. The van der Waals surface area contributed by atoms with Gasteiger partial charge in [-0.25, -0.2) is 9.50 Å². The number of fused-ring (bicyclic) bond motifs is 1. The highest BCUT2D eigenvalue weighted by atomic mass is 16.2. The number of rotatable bonds is 2. The molecule has 2 unspecified atom stereocenters. The molecule has 0 aliphatic heterocycles. The number of aryl methyl sites for hydroxylation is 1. The van der Waals surface area contributed by atoms with Crippen LogP contribution in [0.25, 0.3) is 5.65 Å². The zero-order valence-corrected chi connectivity index (χ0v) is 14.7. The maximum absolute atomic E-state index is 13.0. The maximum atomic E-state index is 13.0. The average molecular weight is 314 g/mol. The SMILES string of the molecule is Cc1nc2ccnn2cc1C(=O)N(C)C1CCCC1C(C)(C)C. The quantitative estimate of drug-likeness (QED) is 0.854. The second kappa shape index (κ2) is 5.62. The van der Waals surface area contributed by atoms with E-state index >= 15 is 0 Å². The van der Waals surface area contributed by atoms with E-state index in [-0.39, 0.29) is 11.3 Å². The highest BCUT2D eigenvalue weighted by Gasteiger charge is 2.39. The minimum absolute atomic E-state index is 0.0496. The molecule has 0 saturated heterocycles. The van der Waals surface area contributed by atoms with Crippen LogP contribution in [0.5, 0.6) is 0 Å². The van der Waals surface area contributed by atoms with Gasteiger partial charge in [-0.15, -0.1) is 0 Å². The number of hydrogen-bond acceptors (Lipinski definition) is 3. The van der Waals surface area contributed by atoms with Crippen molar-refractivity contribution < 1.29 is 4.79 Å². The zero-order chi connectivity index (χ0) is 16.8. The summed E-state index contributed by atoms with van der Waals surface area (Å²) in [5.74, 6) is 0.590. The first-order chi connectivity index (χ1) is 10.8. The second-order valence-corrected chi connectivity index (χ2v) is 7.76. The van der Waals surface area contributed by atoms with Gasteiger partial charge in [0.25, 0.3) is 5.91 Å². The maximum Gasteiger partial charge on any atom is 0.257 e. The van der Waals surface area contributed by atoms with Crippen LogP contribution < -0.4 is 0 Å². The standard InChI is InChI=1S/C18H26N4O/c1-12-13(11-22-16(20-12)9-10-19-22)17(23)21(5)15-8-6-7-14(15)18(2,3)4/h9-11,14-15H,6-8H2,1-5H3. The molecule has 3 rings (SSSR count). The second-order valence-electron chi connectivity index (χ2n) is 7.76. The number of nitrogens with zero attached hydrogens (tertiary/aromatic N) is 4. The van der Waals surface area contributed by atoms with Crippen LogP contribution in [0.2, 0.25) is 0 Å². The topological polar surface area (TPSA) is 50.5 Å². The molecule has 0 bridgehead atoms. The first kappa shape index (κ1) is 16.0. The van der Waals surface area contributed by atoms with Gasteiger partial charge in [0, 0.05) is 25.4 Å². The Kier molecular flexibility index (Phi) is 3.90. The van der Waals surface area contributed by atoms with Crippen LogP contribution in [0, 0.1) is 18.3 Å². The van der Waals surface area contributed by atoms with Gasteiger partial charge in [-0.05, 0) is 31.1 Å². The summed E-state index contributed by atoms with van der Waals surface area (Å²) in [5.41, 5.74) is 2.40. The van der Waals surface area contributed by atoms with Crippen molar-refractivity contribution in [2.45, 2.75) is 53.0 Å².